The molecule has 0 bridgehead atoms. The van der Waals surface area contributed by atoms with Gasteiger partial charge in [0.2, 0.25) is 0 Å². The number of rotatable bonds is 0. The van der Waals surface area contributed by atoms with E-state index in [2.05, 4.69) is 106 Å². The van der Waals surface area contributed by atoms with Crippen LogP contribution in [0, 0.1) is 91.9 Å². The minimum absolute atomic E-state index is 0. The summed E-state index contributed by atoms with van der Waals surface area (Å²) in [4.78, 5) is 72.1. The summed E-state index contributed by atoms with van der Waals surface area (Å²) >= 11 is 27.7. The van der Waals surface area contributed by atoms with Gasteiger partial charge in [0.25, 0.3) is 0 Å². The maximum atomic E-state index is 8.25. The summed E-state index contributed by atoms with van der Waals surface area (Å²) in [6, 6.07) is 21.0. The normalized spacial score (nSPS) is 7.06. The first-order valence-corrected chi connectivity index (χ1v) is 26.8. The zero-order valence-corrected chi connectivity index (χ0v) is 77.3. The predicted molar refractivity (Wildman–Crippen MR) is 369 cm³/mol. The summed E-state index contributed by atoms with van der Waals surface area (Å²) in [5.74, 6) is 0. The van der Waals surface area contributed by atoms with Crippen molar-refractivity contribution in [2.75, 3.05) is 34.4 Å². The van der Waals surface area contributed by atoms with Crippen LogP contribution in [-0.4, -0.2) is 91.9 Å². The van der Waals surface area contributed by atoms with Crippen LogP contribution in [0.15, 0.2) is 147 Å². The number of nitrogen functional groups attached to an aromatic ring is 6. The average molecular weight is 2680 g/mol. The van der Waals surface area contributed by atoms with Crippen LogP contribution in [0.4, 0.5) is 34.1 Å². The minimum Gasteiger partial charge on any atom is -0.790 e. The first-order chi connectivity index (χ1) is 41.1. The Labute approximate surface area is 815 Å². The third-order valence-corrected chi connectivity index (χ3v) is 4.24. The Kier molecular flexibility index (Phi) is 240. The number of aromatic nitrogens is 6. The van der Waals surface area contributed by atoms with Gasteiger partial charge in [0.05, 0.1) is 30.5 Å². The van der Waals surface area contributed by atoms with Gasteiger partial charge in [-0.15, -0.1) is 0 Å². The number of hydrogen-bond donors (Lipinski definition) is 6. The topological polar surface area (TPSA) is 631 Å². The van der Waals surface area contributed by atoms with Crippen LogP contribution in [0.3, 0.4) is 0 Å². The Morgan fingerprint density at radius 2 is 0.255 bits per heavy atom. The molecule has 0 amide bonds. The van der Waals surface area contributed by atoms with Crippen LogP contribution in [-0.2, 0) is 344 Å². The van der Waals surface area contributed by atoms with Crippen LogP contribution in [0.1, 0.15) is 83.1 Å². The van der Waals surface area contributed by atoms with E-state index in [0.717, 1.165) is 34.1 Å². The molecule has 0 atom stereocenters. The Hall–Kier alpha value is -0.117. The Morgan fingerprint density at radius 1 is 0.216 bits per heavy atom. The molecule has 102 heavy (non-hydrogen) atoms. The standard InChI is InChI=1S/6C5H6N2.6C3H8S.12Ag.6NO3/c6*6-5-1-3-7-4-2-5;6*1-3(2)4;;;;;;;;;;;;;6*2-1(3)4/h6*1-4H,(H2,6,7);6*3-4H,1-2H3;;;;;;;;;;;;;;;;;;/q;;;;;;;;;;;;12*+1;6*-1/p-6. The molecule has 0 aliphatic carbocycles. The van der Waals surface area contributed by atoms with Gasteiger partial charge in [0.15, 0.2) is 0 Å². The monoisotopic (exact) mass is 2670 g/mol. The summed E-state index contributed by atoms with van der Waals surface area (Å²) in [5, 5.41) is 91.0. The van der Waals surface area contributed by atoms with Gasteiger partial charge in [-0.2, -0.15) is 31.5 Å². The first-order valence-electron chi connectivity index (χ1n) is 23.9. The van der Waals surface area contributed by atoms with Gasteiger partial charge < -0.3 is 202 Å². The van der Waals surface area contributed by atoms with Crippen LogP contribution >= 0.6 is 0 Å². The van der Waals surface area contributed by atoms with Crippen LogP contribution < -0.4 is 34.4 Å². The largest absolute Gasteiger partial charge is 1.00 e. The summed E-state index contributed by atoms with van der Waals surface area (Å²) in [7, 11) is 0. The maximum absolute atomic E-state index is 8.25. The van der Waals surface area contributed by atoms with E-state index in [4.69, 9.17) is 126 Å². The molecule has 6 rings (SSSR count). The van der Waals surface area contributed by atoms with Crippen molar-refractivity contribution < 1.29 is 299 Å². The van der Waals surface area contributed by atoms with Crippen molar-refractivity contribution in [1.82, 2.24) is 29.9 Å². The van der Waals surface area contributed by atoms with Gasteiger partial charge in [0.1, 0.15) is 0 Å². The maximum Gasteiger partial charge on any atom is 1.00 e. The summed E-state index contributed by atoms with van der Waals surface area (Å²) < 4.78 is 0. The molecule has 0 saturated carbocycles. The molecule has 0 spiro atoms. The average Bonchev–Trinajstić information content (AvgIpc) is 3.05. The van der Waals surface area contributed by atoms with E-state index in [1.807, 2.05) is 83.1 Å². The fourth-order valence-corrected chi connectivity index (χ4v) is 2.18. The second kappa shape index (κ2) is 143. The number of hydrogen-bond acceptors (Lipinski definition) is 36. The van der Waals surface area contributed by atoms with Crippen LogP contribution in [0.5, 0.6) is 0 Å². The Balaban J connectivity index is -0.0000000287. The van der Waals surface area contributed by atoms with Gasteiger partial charge in [0, 0.05) is 108 Å². The molecule has 0 aromatic carbocycles. The molecule has 6 heterocycles. The van der Waals surface area contributed by atoms with E-state index in [1.165, 1.54) is 0 Å². The van der Waals surface area contributed by atoms with Gasteiger partial charge in [-0.25, -0.2) is 0 Å². The molecule has 0 aliphatic rings. The SMILES string of the molecule is CC(C)[S-].CC(C)[S-].CC(C)[S-].CC(C)[S-].CC(C)[S-].CC(C)[S-].Nc1ccncc1.Nc1ccncc1.Nc1ccncc1.Nc1ccncc1.Nc1ccncc1.Nc1ccncc1.O=[N+]([O-])[O-].O=[N+]([O-])[O-].O=[N+]([O-])[O-].O=[N+]([O-])[O-].O=[N+]([O-])[O-].O=[N+]([O-])[O-].[Ag+].[Ag+].[Ag+].[Ag+].[Ag+].[Ag+].[Ag+].[Ag+].[Ag+].[Ag+].[Ag+].[Ag+]. The van der Waals surface area contributed by atoms with E-state index in [0.29, 0.717) is 31.5 Å². The predicted octanol–water partition coefficient (Wildman–Crippen LogP) is 8.17. The van der Waals surface area contributed by atoms with Crippen LogP contribution in [0.2, 0.25) is 0 Å². The molecule has 6 aromatic heterocycles. The van der Waals surface area contributed by atoms with Crippen molar-refractivity contribution in [1.29, 1.82) is 0 Å². The molecular formula is C48H78Ag12N18O18S6. The van der Waals surface area contributed by atoms with Crippen molar-refractivity contribution in [2.24, 2.45) is 0 Å². The van der Waals surface area contributed by atoms with E-state index in [1.54, 1.807) is 147 Å². The van der Waals surface area contributed by atoms with E-state index in [9.17, 15) is 0 Å². The quantitative estimate of drug-likeness (QED) is 0.0361. The number of pyridine rings is 6. The first kappa shape index (κ1) is 171. The molecule has 36 nitrogen and oxygen atoms in total. The van der Waals surface area contributed by atoms with E-state index in [-0.39, 0.29) is 269 Å². The third kappa shape index (κ3) is 426. The number of nitrogens with zero attached hydrogens (tertiary/aromatic N) is 12. The van der Waals surface area contributed by atoms with Gasteiger partial charge in [-0.3, -0.25) is 29.9 Å². The molecule has 12 N–H and O–H groups in total. The Bertz CT molecular complexity index is 1980. The molecule has 54 heteroatoms. The molecule has 0 fully saturated rings. The smallest absolute Gasteiger partial charge is 0.790 e. The number of anilines is 6. The number of nitrogens with two attached hydrogens (primary N) is 6. The van der Waals surface area contributed by atoms with Gasteiger partial charge in [-0.05, 0) is 72.8 Å². The molecular weight excluding hydrogens is 2600 g/mol. The molecule has 6 aromatic rings. The second-order valence-corrected chi connectivity index (χ2v) is 21.0. The zero-order valence-electron chi connectivity index (χ0n) is 54.6. The fourth-order valence-electron chi connectivity index (χ4n) is 2.18. The van der Waals surface area contributed by atoms with Crippen LogP contribution in [0.25, 0.3) is 0 Å². The van der Waals surface area contributed by atoms with E-state index >= 15 is 0 Å². The molecule has 0 unspecified atom stereocenters. The third-order valence-electron chi connectivity index (χ3n) is 4.24. The summed E-state index contributed by atoms with van der Waals surface area (Å²) in [6.45, 7) is 23.8. The molecule has 0 saturated heterocycles. The van der Waals surface area contributed by atoms with Crippen molar-refractivity contribution >= 4 is 110 Å². The van der Waals surface area contributed by atoms with Gasteiger partial charge >= 0.3 is 269 Å². The zero-order chi connectivity index (χ0) is 73.6. The van der Waals surface area contributed by atoms with E-state index < -0.39 is 30.5 Å². The van der Waals surface area contributed by atoms with Crippen molar-refractivity contribution in [3.05, 3.63) is 239 Å². The van der Waals surface area contributed by atoms with Crippen molar-refractivity contribution in [3.63, 3.8) is 0 Å². The minimum atomic E-state index is -1.75. The fraction of sp³-hybridized carbons (Fsp3) is 0.375. The molecule has 0 radical (unpaired) electrons. The van der Waals surface area contributed by atoms with Crippen molar-refractivity contribution in [3.8, 4) is 0 Å². The molecule has 636 valence electrons. The molecule has 0 aliphatic heterocycles. The van der Waals surface area contributed by atoms with Crippen molar-refractivity contribution in [2.45, 2.75) is 115 Å². The summed E-state index contributed by atoms with van der Waals surface area (Å²) in [5.41, 5.74) is 36.5. The Morgan fingerprint density at radius 3 is 0.275 bits per heavy atom. The summed E-state index contributed by atoms with van der Waals surface area (Å²) in [6.07, 6.45) is 19.9. The van der Waals surface area contributed by atoms with Gasteiger partial charge in [-0.1, -0.05) is 83.1 Å². The second-order valence-electron chi connectivity index (χ2n) is 15.3.